The molecular weight excluding hydrogens is 428 g/mol. The first-order valence-corrected chi connectivity index (χ1v) is 10.7. The smallest absolute Gasteiger partial charge is 0.410 e. The van der Waals surface area contributed by atoms with E-state index < -0.39 is 5.60 Å². The maximum atomic E-state index is 13.5. The van der Waals surface area contributed by atoms with Crippen molar-refractivity contribution in [1.29, 1.82) is 0 Å². The summed E-state index contributed by atoms with van der Waals surface area (Å²) < 4.78 is 38.3. The number of nitrogens with zero attached hydrogens (tertiary/aromatic N) is 3. The topological polar surface area (TPSA) is 64.5 Å². The van der Waals surface area contributed by atoms with Crippen molar-refractivity contribution in [3.05, 3.63) is 66.4 Å². The van der Waals surface area contributed by atoms with Gasteiger partial charge in [0.15, 0.2) is 0 Å². The first kappa shape index (κ1) is 22.6. The van der Waals surface area contributed by atoms with Crippen LogP contribution in [0.2, 0.25) is 0 Å². The number of carbonyl (C=O) groups is 1. The molecule has 2 heterocycles. The van der Waals surface area contributed by atoms with E-state index in [1.807, 2.05) is 20.8 Å². The summed E-state index contributed by atoms with van der Waals surface area (Å²) >= 11 is 0. The van der Waals surface area contributed by atoms with Gasteiger partial charge in [0, 0.05) is 24.1 Å². The molecule has 1 aliphatic heterocycles. The third-order valence-electron chi connectivity index (χ3n) is 5.07. The van der Waals surface area contributed by atoms with Gasteiger partial charge in [0.1, 0.15) is 29.0 Å². The van der Waals surface area contributed by atoms with Crippen LogP contribution in [0.5, 0.6) is 5.88 Å². The highest BCUT2D eigenvalue weighted by molar-refractivity contribution is 5.78. The second-order valence-electron chi connectivity index (χ2n) is 8.87. The summed E-state index contributed by atoms with van der Waals surface area (Å²) in [6.07, 6.45) is 1.50. The van der Waals surface area contributed by atoms with Crippen molar-refractivity contribution >= 4 is 6.09 Å². The number of hydrogen-bond acceptors (Lipinski definition) is 5. The zero-order valence-electron chi connectivity index (χ0n) is 18.7. The molecule has 1 fully saturated rings. The lowest BCUT2D eigenvalue weighted by atomic mass is 10.0. The van der Waals surface area contributed by atoms with Crippen LogP contribution in [0, 0.1) is 11.6 Å². The molecule has 3 aromatic rings. The van der Waals surface area contributed by atoms with E-state index in [1.54, 1.807) is 29.2 Å². The molecule has 1 aromatic heterocycles. The number of carbonyl (C=O) groups excluding carboxylic acids is 1. The molecular formula is C25H25F2N3O3. The Bertz CT molecular complexity index is 1130. The summed E-state index contributed by atoms with van der Waals surface area (Å²) in [5.41, 5.74) is 1.76. The van der Waals surface area contributed by atoms with E-state index in [9.17, 15) is 13.6 Å². The van der Waals surface area contributed by atoms with Crippen LogP contribution in [0.1, 0.15) is 27.2 Å². The summed E-state index contributed by atoms with van der Waals surface area (Å²) in [6, 6.07) is 11.8. The van der Waals surface area contributed by atoms with Crippen molar-refractivity contribution in [1.82, 2.24) is 14.9 Å². The molecule has 8 heteroatoms. The summed E-state index contributed by atoms with van der Waals surface area (Å²) in [6.45, 7) is 6.37. The Balaban J connectivity index is 1.57. The van der Waals surface area contributed by atoms with E-state index in [2.05, 4.69) is 9.97 Å². The van der Waals surface area contributed by atoms with E-state index >= 15 is 0 Å². The average Bonchev–Trinajstić information content (AvgIpc) is 3.23. The average molecular weight is 453 g/mol. The Morgan fingerprint density at radius 3 is 2.12 bits per heavy atom. The first-order valence-electron chi connectivity index (χ1n) is 10.7. The van der Waals surface area contributed by atoms with Crippen LogP contribution in [0.3, 0.4) is 0 Å². The van der Waals surface area contributed by atoms with E-state index in [0.717, 1.165) is 0 Å². The fourth-order valence-electron chi connectivity index (χ4n) is 3.55. The largest absolute Gasteiger partial charge is 0.471 e. The lowest BCUT2D eigenvalue weighted by molar-refractivity contribution is 0.0275. The molecule has 4 rings (SSSR count). The van der Waals surface area contributed by atoms with Gasteiger partial charge in [0.05, 0.1) is 18.4 Å². The number of amides is 1. The second-order valence-corrected chi connectivity index (χ2v) is 8.87. The molecule has 0 radical (unpaired) electrons. The monoisotopic (exact) mass is 453 g/mol. The predicted molar refractivity (Wildman–Crippen MR) is 120 cm³/mol. The number of rotatable bonds is 4. The van der Waals surface area contributed by atoms with Gasteiger partial charge in [-0.05, 0) is 69.3 Å². The lowest BCUT2D eigenvalue weighted by Gasteiger charge is -2.24. The van der Waals surface area contributed by atoms with E-state index in [1.165, 1.54) is 30.5 Å². The molecule has 172 valence electrons. The zero-order chi connectivity index (χ0) is 23.6. The van der Waals surface area contributed by atoms with Crippen LogP contribution in [-0.4, -0.2) is 45.8 Å². The van der Waals surface area contributed by atoms with Crippen LogP contribution in [0.25, 0.3) is 22.5 Å². The molecule has 1 amide bonds. The second kappa shape index (κ2) is 9.13. The minimum Gasteiger partial charge on any atom is -0.471 e. The van der Waals surface area contributed by atoms with Gasteiger partial charge in [-0.2, -0.15) is 0 Å². The molecule has 33 heavy (non-hydrogen) atoms. The van der Waals surface area contributed by atoms with E-state index in [0.29, 0.717) is 42.0 Å². The van der Waals surface area contributed by atoms with Crippen LogP contribution in [0.4, 0.5) is 13.6 Å². The number of aromatic nitrogens is 2. The highest BCUT2D eigenvalue weighted by Gasteiger charge is 2.31. The minimum absolute atomic E-state index is 0.260. The van der Waals surface area contributed by atoms with Crippen molar-refractivity contribution < 1.29 is 23.0 Å². The third-order valence-corrected chi connectivity index (χ3v) is 5.07. The molecule has 0 saturated carbocycles. The van der Waals surface area contributed by atoms with Gasteiger partial charge in [-0.25, -0.2) is 23.5 Å². The molecule has 0 unspecified atom stereocenters. The van der Waals surface area contributed by atoms with Crippen LogP contribution in [0.15, 0.2) is 54.7 Å². The van der Waals surface area contributed by atoms with Crippen molar-refractivity contribution in [2.24, 2.45) is 0 Å². The van der Waals surface area contributed by atoms with Crippen LogP contribution < -0.4 is 4.74 Å². The van der Waals surface area contributed by atoms with E-state index in [4.69, 9.17) is 9.47 Å². The summed E-state index contributed by atoms with van der Waals surface area (Å²) in [5, 5.41) is 0. The molecule has 0 N–H and O–H groups in total. The number of ether oxygens (including phenoxy) is 2. The van der Waals surface area contributed by atoms with Gasteiger partial charge in [0.2, 0.25) is 5.88 Å². The normalized spacial score (nSPS) is 16.0. The number of benzene rings is 2. The quantitative estimate of drug-likeness (QED) is 0.524. The van der Waals surface area contributed by atoms with Gasteiger partial charge in [0.25, 0.3) is 0 Å². The molecule has 2 aromatic carbocycles. The standard InChI is InChI=1S/C25H25F2N3O3/c1-25(2,3)33-24(31)30-13-12-20(15-30)32-21-14-28-22(16-4-8-18(26)9-5-16)23(29-21)17-6-10-19(27)11-7-17/h4-11,14,20H,12-13,15H2,1-3H3/t20-/m1/s1. The predicted octanol–water partition coefficient (Wildman–Crippen LogP) is 5.48. The number of hydrogen-bond donors (Lipinski definition) is 0. The van der Waals surface area contributed by atoms with Gasteiger partial charge in [-0.15, -0.1) is 0 Å². The van der Waals surface area contributed by atoms with Crippen LogP contribution >= 0.6 is 0 Å². The minimum atomic E-state index is -0.568. The van der Waals surface area contributed by atoms with Gasteiger partial charge >= 0.3 is 6.09 Å². The van der Waals surface area contributed by atoms with E-state index in [-0.39, 0.29) is 29.7 Å². The Morgan fingerprint density at radius 1 is 0.970 bits per heavy atom. The van der Waals surface area contributed by atoms with Gasteiger partial charge < -0.3 is 14.4 Å². The van der Waals surface area contributed by atoms with Crippen LogP contribution in [-0.2, 0) is 4.74 Å². The zero-order valence-corrected chi connectivity index (χ0v) is 18.7. The first-order chi connectivity index (χ1) is 15.7. The summed E-state index contributed by atoms with van der Waals surface area (Å²) in [5.74, 6) is -0.433. The summed E-state index contributed by atoms with van der Waals surface area (Å²) in [7, 11) is 0. The van der Waals surface area contributed by atoms with Crippen molar-refractivity contribution in [3.63, 3.8) is 0 Å². The number of likely N-dealkylation sites (tertiary alicyclic amines) is 1. The van der Waals surface area contributed by atoms with Crippen molar-refractivity contribution in [2.75, 3.05) is 13.1 Å². The Kier molecular flexibility index (Phi) is 6.26. The highest BCUT2D eigenvalue weighted by atomic mass is 19.1. The van der Waals surface area contributed by atoms with Gasteiger partial charge in [-0.3, -0.25) is 0 Å². The Morgan fingerprint density at radius 2 is 1.55 bits per heavy atom. The maximum absolute atomic E-state index is 13.5. The maximum Gasteiger partial charge on any atom is 0.410 e. The third kappa shape index (κ3) is 5.63. The fraction of sp³-hybridized carbons (Fsp3) is 0.320. The van der Waals surface area contributed by atoms with Crippen molar-refractivity contribution in [3.8, 4) is 28.4 Å². The molecule has 1 saturated heterocycles. The molecule has 1 aliphatic rings. The fourth-order valence-corrected chi connectivity index (χ4v) is 3.55. The Hall–Kier alpha value is -3.55. The lowest BCUT2D eigenvalue weighted by Crippen LogP contribution is -2.36. The summed E-state index contributed by atoms with van der Waals surface area (Å²) in [4.78, 5) is 23.1. The molecule has 1 atom stereocenters. The van der Waals surface area contributed by atoms with Gasteiger partial charge in [-0.1, -0.05) is 0 Å². The molecule has 0 spiro atoms. The molecule has 6 nitrogen and oxygen atoms in total. The molecule has 0 bridgehead atoms. The molecule has 0 aliphatic carbocycles. The highest BCUT2D eigenvalue weighted by Crippen LogP contribution is 2.31. The SMILES string of the molecule is CC(C)(C)OC(=O)N1CC[C@@H](Oc2cnc(-c3ccc(F)cc3)c(-c3ccc(F)cc3)n2)C1. The van der Waals surface area contributed by atoms with Crippen molar-refractivity contribution in [2.45, 2.75) is 38.9 Å². The Labute approximate surface area is 191 Å². The number of halogens is 2.